The number of carboxylic acid groups (broad SMARTS) is 1. The number of halogens is 3. The summed E-state index contributed by atoms with van der Waals surface area (Å²) in [5.74, 6) is -2.81. The van der Waals surface area contributed by atoms with E-state index in [-0.39, 0.29) is 11.8 Å². The molecule has 11 heteroatoms. The third-order valence-electron chi connectivity index (χ3n) is 7.65. The van der Waals surface area contributed by atoms with E-state index in [9.17, 15) is 22.8 Å². The number of likely N-dealkylation sites (tertiary alicyclic amines) is 1. The quantitative estimate of drug-likeness (QED) is 0.156. The molecule has 2 N–H and O–H groups in total. The van der Waals surface area contributed by atoms with Crippen molar-refractivity contribution in [1.29, 1.82) is 0 Å². The molecular weight excluding hydrogens is 639 g/mol. The van der Waals surface area contributed by atoms with Crippen LogP contribution in [0.2, 0.25) is 0 Å². The highest BCUT2D eigenvalue weighted by atomic mass is 32.1. The van der Waals surface area contributed by atoms with E-state index in [0.29, 0.717) is 25.2 Å². The molecule has 5 rings (SSSR count). The second-order valence-electron chi connectivity index (χ2n) is 11.2. The van der Waals surface area contributed by atoms with Crippen molar-refractivity contribution in [2.45, 2.75) is 32.0 Å². The fourth-order valence-electron chi connectivity index (χ4n) is 5.15. The number of nitrogens with one attached hydrogen (secondary N) is 1. The summed E-state index contributed by atoms with van der Waals surface area (Å²) < 4.78 is 31.7. The Morgan fingerprint density at radius 3 is 2.25 bits per heavy atom. The lowest BCUT2D eigenvalue weighted by molar-refractivity contribution is -0.192. The number of thiophene rings is 1. The third kappa shape index (κ3) is 11.8. The van der Waals surface area contributed by atoms with E-state index in [2.05, 4.69) is 39.9 Å². The molecule has 0 atom stereocenters. The number of benzene rings is 3. The monoisotopic (exact) mass is 677 g/mol. The van der Waals surface area contributed by atoms with E-state index in [4.69, 9.17) is 9.90 Å². The molecule has 0 saturated carbocycles. The van der Waals surface area contributed by atoms with Gasteiger partial charge in [-0.1, -0.05) is 66.7 Å². The first-order chi connectivity index (χ1) is 23.1. The van der Waals surface area contributed by atoms with E-state index in [0.717, 1.165) is 48.3 Å². The predicted molar refractivity (Wildman–Crippen MR) is 182 cm³/mol. The maximum atomic E-state index is 13.3. The Bertz CT molecular complexity index is 1650. The number of alkyl halides is 3. The molecule has 0 bridgehead atoms. The van der Waals surface area contributed by atoms with Crippen LogP contribution in [0.3, 0.4) is 0 Å². The Labute approximate surface area is 282 Å². The number of hydrogen-bond donors (Lipinski definition) is 2. The third-order valence-corrected chi connectivity index (χ3v) is 8.59. The molecule has 1 saturated heterocycles. The van der Waals surface area contributed by atoms with Gasteiger partial charge in [-0.15, -0.1) is 11.3 Å². The van der Waals surface area contributed by atoms with E-state index in [1.807, 2.05) is 77.7 Å². The number of aliphatic carboxylic acids is 1. The Hall–Kier alpha value is -4.74. The highest BCUT2D eigenvalue weighted by molar-refractivity contribution is 7.09. The molecule has 1 aromatic heterocycles. The van der Waals surface area contributed by atoms with Crippen molar-refractivity contribution >= 4 is 35.2 Å². The fourth-order valence-corrected chi connectivity index (χ4v) is 5.85. The number of hydrogen-bond acceptors (Lipinski definition) is 5. The summed E-state index contributed by atoms with van der Waals surface area (Å²) in [6.07, 6.45) is 1.77. The minimum absolute atomic E-state index is 0.0107. The number of carbonyl (C=O) groups excluding carboxylic acids is 2. The molecule has 252 valence electrons. The maximum Gasteiger partial charge on any atom is 0.490 e. The van der Waals surface area contributed by atoms with Crippen LogP contribution in [0.1, 0.15) is 39.2 Å². The van der Waals surface area contributed by atoms with Crippen molar-refractivity contribution in [2.24, 2.45) is 0 Å². The van der Waals surface area contributed by atoms with Crippen LogP contribution in [0.5, 0.6) is 0 Å². The topological polar surface area (TPSA) is 90.0 Å². The summed E-state index contributed by atoms with van der Waals surface area (Å²) in [7, 11) is 0. The first-order valence-electron chi connectivity index (χ1n) is 15.6. The first kappa shape index (κ1) is 36.1. The number of amides is 2. The molecule has 0 unspecified atom stereocenters. The molecule has 0 spiro atoms. The van der Waals surface area contributed by atoms with Gasteiger partial charge in [0.2, 0.25) is 5.91 Å². The van der Waals surface area contributed by atoms with Crippen LogP contribution in [0.4, 0.5) is 13.2 Å². The van der Waals surface area contributed by atoms with Gasteiger partial charge in [-0.2, -0.15) is 13.2 Å². The minimum atomic E-state index is -5.08. The van der Waals surface area contributed by atoms with Crippen LogP contribution >= 0.6 is 11.3 Å². The molecule has 1 aliphatic heterocycles. The summed E-state index contributed by atoms with van der Waals surface area (Å²) >= 11 is 1.72. The highest BCUT2D eigenvalue weighted by Crippen LogP contribution is 2.23. The summed E-state index contributed by atoms with van der Waals surface area (Å²) in [6.45, 7) is 4.95. The SMILES string of the molecule is O=C(NCCN1CCCC1)c1cccc(-c2cccc(CN(CCc3cccs3)C(=O)C=Cc3ccccc3)c2)c1.O=C(O)C(F)(F)F. The van der Waals surface area contributed by atoms with Gasteiger partial charge in [-0.3, -0.25) is 9.59 Å². The van der Waals surface area contributed by atoms with Crippen molar-refractivity contribution in [2.75, 3.05) is 32.7 Å². The molecule has 48 heavy (non-hydrogen) atoms. The summed E-state index contributed by atoms with van der Waals surface area (Å²) in [6, 6.07) is 30.1. The van der Waals surface area contributed by atoms with Crippen molar-refractivity contribution < 1.29 is 32.7 Å². The van der Waals surface area contributed by atoms with E-state index >= 15 is 0 Å². The lowest BCUT2D eigenvalue weighted by Crippen LogP contribution is -2.33. The average molecular weight is 678 g/mol. The molecule has 4 aromatic rings. The van der Waals surface area contributed by atoms with Crippen LogP contribution in [-0.2, 0) is 22.6 Å². The molecule has 2 heterocycles. The van der Waals surface area contributed by atoms with Gasteiger partial charge in [0, 0.05) is 42.7 Å². The predicted octanol–water partition coefficient (Wildman–Crippen LogP) is 7.16. The molecule has 0 radical (unpaired) electrons. The van der Waals surface area contributed by atoms with Crippen LogP contribution in [0.15, 0.2) is 102 Å². The van der Waals surface area contributed by atoms with Gasteiger partial charge in [0.25, 0.3) is 5.91 Å². The number of rotatable bonds is 12. The highest BCUT2D eigenvalue weighted by Gasteiger charge is 2.38. The minimum Gasteiger partial charge on any atom is -0.475 e. The Morgan fingerprint density at radius 2 is 1.58 bits per heavy atom. The largest absolute Gasteiger partial charge is 0.490 e. The lowest BCUT2D eigenvalue weighted by Gasteiger charge is -2.22. The molecular formula is C37H38F3N3O4S. The molecule has 1 fully saturated rings. The van der Waals surface area contributed by atoms with Crippen molar-refractivity contribution in [3.8, 4) is 11.1 Å². The standard InChI is InChI=1S/C35H37N3O2S.C2HF3O2/c39-34(17-16-28-9-2-1-3-10-28)38(22-18-33-15-8-24-41-33)27-29-11-6-12-30(25-29)31-13-7-14-32(26-31)35(40)36-19-23-37-20-4-5-21-37;3-2(4,5)1(6)7/h1-3,6-17,24-26H,4-5,18-23,27H2,(H,36,40);(H,6,7). The van der Waals surface area contributed by atoms with Gasteiger partial charge in [-0.05, 0) is 90.3 Å². The van der Waals surface area contributed by atoms with Gasteiger partial charge in [0.1, 0.15) is 0 Å². The fraction of sp³-hybridized carbons (Fsp3) is 0.270. The Balaban J connectivity index is 0.000000671. The first-order valence-corrected chi connectivity index (χ1v) is 16.5. The molecule has 1 aliphatic rings. The molecule has 7 nitrogen and oxygen atoms in total. The number of nitrogens with zero attached hydrogens (tertiary/aromatic N) is 2. The van der Waals surface area contributed by atoms with Crippen LogP contribution in [0.25, 0.3) is 17.2 Å². The van der Waals surface area contributed by atoms with Gasteiger partial charge in [-0.25, -0.2) is 4.79 Å². The summed E-state index contributed by atoms with van der Waals surface area (Å²) in [5, 5.41) is 12.3. The maximum absolute atomic E-state index is 13.3. The smallest absolute Gasteiger partial charge is 0.475 e. The van der Waals surface area contributed by atoms with E-state index < -0.39 is 12.1 Å². The van der Waals surface area contributed by atoms with Crippen LogP contribution < -0.4 is 5.32 Å². The number of carbonyl (C=O) groups is 3. The summed E-state index contributed by atoms with van der Waals surface area (Å²) in [5.41, 5.74) is 4.73. The molecule has 0 aliphatic carbocycles. The molecule has 3 aromatic carbocycles. The zero-order valence-corrected chi connectivity index (χ0v) is 27.2. The van der Waals surface area contributed by atoms with E-state index in [1.54, 1.807) is 17.4 Å². The van der Waals surface area contributed by atoms with E-state index in [1.165, 1.54) is 17.7 Å². The number of carboxylic acids is 1. The van der Waals surface area contributed by atoms with Crippen molar-refractivity contribution in [3.05, 3.63) is 124 Å². The second kappa shape index (κ2) is 18.0. The zero-order valence-electron chi connectivity index (χ0n) is 26.4. The van der Waals surface area contributed by atoms with Crippen LogP contribution in [-0.4, -0.2) is 71.6 Å². The Kier molecular flexibility index (Phi) is 13.5. The van der Waals surface area contributed by atoms with Crippen LogP contribution in [0, 0.1) is 0 Å². The lowest BCUT2D eigenvalue weighted by atomic mass is 10.0. The van der Waals surface area contributed by atoms with Crippen molar-refractivity contribution in [1.82, 2.24) is 15.1 Å². The second-order valence-corrected chi connectivity index (χ2v) is 12.3. The molecule has 2 amide bonds. The van der Waals surface area contributed by atoms with Gasteiger partial charge < -0.3 is 20.2 Å². The van der Waals surface area contributed by atoms with Crippen molar-refractivity contribution in [3.63, 3.8) is 0 Å². The van der Waals surface area contributed by atoms with Gasteiger partial charge in [0.15, 0.2) is 0 Å². The van der Waals surface area contributed by atoms with Gasteiger partial charge in [0.05, 0.1) is 0 Å². The average Bonchev–Trinajstić information content (AvgIpc) is 3.81. The zero-order chi connectivity index (χ0) is 34.4. The normalized spacial score (nSPS) is 13.1. The Morgan fingerprint density at radius 1 is 0.896 bits per heavy atom. The van der Waals surface area contributed by atoms with Gasteiger partial charge >= 0.3 is 12.1 Å². The summed E-state index contributed by atoms with van der Waals surface area (Å²) in [4.78, 5) is 40.6.